The van der Waals surface area contributed by atoms with E-state index >= 15 is 0 Å². The number of hydrogen-bond acceptors (Lipinski definition) is 3. The number of amides is 1. The normalized spacial score (nSPS) is 10.4. The molecule has 18 heavy (non-hydrogen) atoms. The van der Waals surface area contributed by atoms with E-state index in [1.54, 1.807) is 6.07 Å². The van der Waals surface area contributed by atoms with Gasteiger partial charge >= 0.3 is 5.97 Å². The predicted octanol–water partition coefficient (Wildman–Crippen LogP) is 1.92. The molecule has 0 saturated heterocycles. The number of aliphatic carboxylic acids is 1. The summed E-state index contributed by atoms with van der Waals surface area (Å²) >= 11 is 1.08. The lowest BCUT2D eigenvalue weighted by atomic mass is 10.2. The van der Waals surface area contributed by atoms with Gasteiger partial charge in [-0.1, -0.05) is 0 Å². The van der Waals surface area contributed by atoms with Gasteiger partial charge in [-0.15, -0.1) is 11.8 Å². The van der Waals surface area contributed by atoms with Crippen molar-refractivity contribution in [2.24, 2.45) is 0 Å². The first-order chi connectivity index (χ1) is 8.65. The Kier molecular flexibility index (Phi) is 3.88. The van der Waals surface area contributed by atoms with Gasteiger partial charge in [0.1, 0.15) is 0 Å². The highest BCUT2D eigenvalue weighted by Crippen LogP contribution is 2.17. The summed E-state index contributed by atoms with van der Waals surface area (Å²) in [5, 5.41) is 12.2. The minimum Gasteiger partial charge on any atom is -0.481 e. The number of benzene rings is 1. The standard InChI is InChI=1S/C12H12N2O3S/c15-11(6-18-7-12(16)17)14-9-1-2-10-8(5-9)3-4-13-10/h1-5,13H,6-7H2,(H,14,15)(H,16,17). The van der Waals surface area contributed by atoms with Crippen LogP contribution < -0.4 is 5.32 Å². The second-order valence-electron chi connectivity index (χ2n) is 3.71. The van der Waals surface area contributed by atoms with Crippen molar-refractivity contribution in [1.82, 2.24) is 4.98 Å². The van der Waals surface area contributed by atoms with E-state index in [0.29, 0.717) is 5.69 Å². The molecule has 0 atom stereocenters. The van der Waals surface area contributed by atoms with Gasteiger partial charge in [0.2, 0.25) is 5.91 Å². The van der Waals surface area contributed by atoms with Crippen LogP contribution in [0.15, 0.2) is 30.5 Å². The number of anilines is 1. The van der Waals surface area contributed by atoms with Crippen molar-refractivity contribution in [3.8, 4) is 0 Å². The van der Waals surface area contributed by atoms with Crippen LogP contribution in [-0.2, 0) is 9.59 Å². The topological polar surface area (TPSA) is 82.2 Å². The highest BCUT2D eigenvalue weighted by molar-refractivity contribution is 8.00. The largest absolute Gasteiger partial charge is 0.481 e. The van der Waals surface area contributed by atoms with Gasteiger partial charge in [-0.2, -0.15) is 0 Å². The maximum absolute atomic E-state index is 11.5. The van der Waals surface area contributed by atoms with Crippen LogP contribution in [0.1, 0.15) is 0 Å². The molecular formula is C12H12N2O3S. The molecule has 1 amide bonds. The number of carbonyl (C=O) groups excluding carboxylic acids is 1. The number of carbonyl (C=O) groups is 2. The Balaban J connectivity index is 1.91. The van der Waals surface area contributed by atoms with E-state index in [2.05, 4.69) is 10.3 Å². The Morgan fingerprint density at radius 2 is 2.11 bits per heavy atom. The first kappa shape index (κ1) is 12.5. The van der Waals surface area contributed by atoms with Crippen molar-refractivity contribution in [1.29, 1.82) is 0 Å². The molecule has 0 fully saturated rings. The summed E-state index contributed by atoms with van der Waals surface area (Å²) in [5.74, 6) is -1.04. The Morgan fingerprint density at radius 1 is 1.28 bits per heavy atom. The highest BCUT2D eigenvalue weighted by atomic mass is 32.2. The van der Waals surface area contributed by atoms with Gasteiger partial charge in [-0.3, -0.25) is 9.59 Å². The molecule has 0 bridgehead atoms. The van der Waals surface area contributed by atoms with Crippen LogP contribution in [-0.4, -0.2) is 33.5 Å². The molecular weight excluding hydrogens is 252 g/mol. The molecule has 0 saturated carbocycles. The fourth-order valence-electron chi connectivity index (χ4n) is 1.56. The van der Waals surface area contributed by atoms with Crippen LogP contribution >= 0.6 is 11.8 Å². The second kappa shape index (κ2) is 5.59. The first-order valence-corrected chi connectivity index (χ1v) is 6.47. The number of rotatable bonds is 5. The first-order valence-electron chi connectivity index (χ1n) is 5.32. The number of H-pyrrole nitrogens is 1. The molecule has 2 aromatic rings. The molecule has 1 heterocycles. The predicted molar refractivity (Wildman–Crippen MR) is 71.9 cm³/mol. The molecule has 0 radical (unpaired) electrons. The summed E-state index contributed by atoms with van der Waals surface area (Å²) in [6.07, 6.45) is 1.83. The van der Waals surface area contributed by atoms with Crippen LogP contribution in [0, 0.1) is 0 Å². The molecule has 0 unspecified atom stereocenters. The molecule has 0 aliphatic heterocycles. The fourth-order valence-corrected chi connectivity index (χ4v) is 2.09. The van der Waals surface area contributed by atoms with Crippen molar-refractivity contribution >= 4 is 40.2 Å². The van der Waals surface area contributed by atoms with Crippen molar-refractivity contribution < 1.29 is 14.7 Å². The van der Waals surface area contributed by atoms with E-state index in [-0.39, 0.29) is 17.4 Å². The zero-order valence-electron chi connectivity index (χ0n) is 9.47. The maximum atomic E-state index is 11.5. The van der Waals surface area contributed by atoms with Crippen LogP contribution in [0.3, 0.4) is 0 Å². The molecule has 2 rings (SSSR count). The number of fused-ring (bicyclic) bond motifs is 1. The third-order valence-corrected chi connectivity index (χ3v) is 3.21. The average Bonchev–Trinajstić information content (AvgIpc) is 2.75. The van der Waals surface area contributed by atoms with Crippen LogP contribution in [0.4, 0.5) is 5.69 Å². The smallest absolute Gasteiger partial charge is 0.313 e. The SMILES string of the molecule is O=C(O)CSCC(=O)Nc1ccc2[nH]ccc2c1. The number of thioether (sulfide) groups is 1. The molecule has 94 valence electrons. The third-order valence-electron chi connectivity index (χ3n) is 2.30. The zero-order valence-corrected chi connectivity index (χ0v) is 10.3. The van der Waals surface area contributed by atoms with Crippen molar-refractivity contribution in [2.45, 2.75) is 0 Å². The summed E-state index contributed by atoms with van der Waals surface area (Å²) in [6, 6.07) is 7.48. The Morgan fingerprint density at radius 3 is 2.89 bits per heavy atom. The minimum atomic E-state index is -0.915. The molecule has 1 aromatic carbocycles. The van der Waals surface area contributed by atoms with Gasteiger partial charge in [0.15, 0.2) is 0 Å². The van der Waals surface area contributed by atoms with Gasteiger partial charge in [0, 0.05) is 22.8 Å². The highest BCUT2D eigenvalue weighted by Gasteiger charge is 2.05. The number of aromatic nitrogens is 1. The van der Waals surface area contributed by atoms with E-state index in [1.165, 1.54) is 0 Å². The second-order valence-corrected chi connectivity index (χ2v) is 4.70. The maximum Gasteiger partial charge on any atom is 0.313 e. The molecule has 0 aliphatic rings. The number of nitrogens with one attached hydrogen (secondary N) is 2. The monoisotopic (exact) mass is 264 g/mol. The van der Waals surface area contributed by atoms with Crippen molar-refractivity contribution in [3.05, 3.63) is 30.5 Å². The van der Waals surface area contributed by atoms with E-state index < -0.39 is 5.97 Å². The van der Waals surface area contributed by atoms with E-state index in [9.17, 15) is 9.59 Å². The number of aromatic amines is 1. The quantitative estimate of drug-likeness (QED) is 0.770. The van der Waals surface area contributed by atoms with E-state index in [4.69, 9.17) is 5.11 Å². The lowest BCUT2D eigenvalue weighted by Crippen LogP contribution is -2.15. The Hall–Kier alpha value is -1.95. The lowest BCUT2D eigenvalue weighted by molar-refractivity contribution is -0.133. The summed E-state index contributed by atoms with van der Waals surface area (Å²) in [4.78, 5) is 24.9. The van der Waals surface area contributed by atoms with Gasteiger partial charge in [0.05, 0.1) is 11.5 Å². The molecule has 3 N–H and O–H groups in total. The molecule has 1 aromatic heterocycles. The van der Waals surface area contributed by atoms with Gasteiger partial charge in [-0.25, -0.2) is 0 Å². The summed E-state index contributed by atoms with van der Waals surface area (Å²) < 4.78 is 0. The van der Waals surface area contributed by atoms with Crippen molar-refractivity contribution in [3.63, 3.8) is 0 Å². The Labute approximate surface area is 108 Å². The zero-order chi connectivity index (χ0) is 13.0. The van der Waals surface area contributed by atoms with Gasteiger partial charge in [0.25, 0.3) is 0 Å². The number of hydrogen-bond donors (Lipinski definition) is 3. The summed E-state index contributed by atoms with van der Waals surface area (Å²) in [6.45, 7) is 0. The van der Waals surface area contributed by atoms with E-state index in [1.807, 2.05) is 24.4 Å². The summed E-state index contributed by atoms with van der Waals surface area (Å²) in [7, 11) is 0. The van der Waals surface area contributed by atoms with Gasteiger partial charge < -0.3 is 15.4 Å². The Bertz CT molecular complexity index is 579. The average molecular weight is 264 g/mol. The van der Waals surface area contributed by atoms with Gasteiger partial charge in [-0.05, 0) is 24.3 Å². The molecule has 0 spiro atoms. The molecule has 5 nitrogen and oxygen atoms in total. The lowest BCUT2D eigenvalue weighted by Gasteiger charge is -2.04. The molecule has 0 aliphatic carbocycles. The van der Waals surface area contributed by atoms with Crippen molar-refractivity contribution in [2.75, 3.05) is 16.8 Å². The van der Waals surface area contributed by atoms with Crippen LogP contribution in [0.25, 0.3) is 10.9 Å². The van der Waals surface area contributed by atoms with Crippen LogP contribution in [0.2, 0.25) is 0 Å². The number of carboxylic acids is 1. The fraction of sp³-hybridized carbons (Fsp3) is 0.167. The third kappa shape index (κ3) is 3.27. The summed E-state index contributed by atoms with van der Waals surface area (Å²) in [5.41, 5.74) is 1.72. The van der Waals surface area contributed by atoms with E-state index in [0.717, 1.165) is 22.7 Å². The molecule has 6 heteroatoms. The van der Waals surface area contributed by atoms with Crippen LogP contribution in [0.5, 0.6) is 0 Å². The number of carboxylic acid groups (broad SMARTS) is 1. The minimum absolute atomic E-state index is 0.0652.